The number of nitrogens with zero attached hydrogens (tertiary/aromatic N) is 3. The molecule has 1 saturated heterocycles. The molecule has 7 nitrogen and oxygen atoms in total. The zero-order valence-electron chi connectivity index (χ0n) is 15.5. The van der Waals surface area contributed by atoms with Crippen LogP contribution in [0, 0.1) is 0 Å². The molecule has 144 valence electrons. The van der Waals surface area contributed by atoms with E-state index in [0.29, 0.717) is 26.0 Å². The van der Waals surface area contributed by atoms with Crippen LogP contribution < -0.4 is 4.74 Å². The van der Waals surface area contributed by atoms with Crippen molar-refractivity contribution in [2.75, 3.05) is 40.3 Å². The Morgan fingerprint density at radius 1 is 1.19 bits per heavy atom. The van der Waals surface area contributed by atoms with Gasteiger partial charge in [0.1, 0.15) is 12.4 Å². The standard InChI is InChI=1S/C18H27N3O4S/c1-19(2)26(23,24)21-11-12-25-17-7-5-15(13-16(17)14-21)6-8-18(22)20-9-3-4-10-20/h5,7,13H,3-4,6,8-12,14H2,1-2H3. The second-order valence-electron chi connectivity index (χ2n) is 7.00. The third-order valence-electron chi connectivity index (χ3n) is 4.94. The van der Waals surface area contributed by atoms with Gasteiger partial charge in [0, 0.05) is 52.3 Å². The molecule has 1 aromatic rings. The van der Waals surface area contributed by atoms with Gasteiger partial charge in [0.15, 0.2) is 0 Å². The topological polar surface area (TPSA) is 70.2 Å². The lowest BCUT2D eigenvalue weighted by Crippen LogP contribution is -2.40. The quantitative estimate of drug-likeness (QED) is 0.770. The van der Waals surface area contributed by atoms with Crippen molar-refractivity contribution in [2.45, 2.75) is 32.2 Å². The van der Waals surface area contributed by atoms with Gasteiger partial charge >= 0.3 is 0 Å². The molecule has 2 aliphatic heterocycles. The van der Waals surface area contributed by atoms with E-state index in [-0.39, 0.29) is 12.5 Å². The molecule has 2 aliphatic rings. The maximum absolute atomic E-state index is 12.4. The number of carbonyl (C=O) groups excluding carboxylic acids is 1. The highest BCUT2D eigenvalue weighted by Crippen LogP contribution is 2.26. The van der Waals surface area contributed by atoms with E-state index in [0.717, 1.165) is 42.8 Å². The first-order chi connectivity index (χ1) is 12.4. The molecule has 1 fully saturated rings. The summed E-state index contributed by atoms with van der Waals surface area (Å²) in [5.41, 5.74) is 1.88. The summed E-state index contributed by atoms with van der Waals surface area (Å²) in [6.07, 6.45) is 3.33. The van der Waals surface area contributed by atoms with Gasteiger partial charge in [-0.1, -0.05) is 12.1 Å². The van der Waals surface area contributed by atoms with Crippen molar-refractivity contribution >= 4 is 16.1 Å². The lowest BCUT2D eigenvalue weighted by atomic mass is 10.0. The number of ether oxygens (including phenoxy) is 1. The van der Waals surface area contributed by atoms with Crippen molar-refractivity contribution in [1.29, 1.82) is 0 Å². The van der Waals surface area contributed by atoms with Crippen molar-refractivity contribution < 1.29 is 17.9 Å². The number of hydrogen-bond donors (Lipinski definition) is 0. The van der Waals surface area contributed by atoms with Crippen LogP contribution in [0.2, 0.25) is 0 Å². The Morgan fingerprint density at radius 2 is 1.92 bits per heavy atom. The minimum Gasteiger partial charge on any atom is -0.492 e. The van der Waals surface area contributed by atoms with E-state index >= 15 is 0 Å². The van der Waals surface area contributed by atoms with Gasteiger partial charge in [-0.3, -0.25) is 4.79 Å². The van der Waals surface area contributed by atoms with Gasteiger partial charge in [0.25, 0.3) is 10.2 Å². The Kier molecular flexibility index (Phi) is 5.84. The average molecular weight is 381 g/mol. The smallest absolute Gasteiger partial charge is 0.281 e. The summed E-state index contributed by atoms with van der Waals surface area (Å²) in [5, 5.41) is 0. The van der Waals surface area contributed by atoms with Gasteiger partial charge in [0.2, 0.25) is 5.91 Å². The average Bonchev–Trinajstić information content (AvgIpc) is 3.06. The van der Waals surface area contributed by atoms with Gasteiger partial charge in [-0.2, -0.15) is 17.0 Å². The number of hydrogen-bond acceptors (Lipinski definition) is 4. The maximum atomic E-state index is 12.4. The van der Waals surface area contributed by atoms with Crippen molar-refractivity contribution in [3.8, 4) is 5.75 Å². The van der Waals surface area contributed by atoms with Crippen LogP contribution >= 0.6 is 0 Å². The van der Waals surface area contributed by atoms with Crippen LogP contribution in [0.15, 0.2) is 18.2 Å². The van der Waals surface area contributed by atoms with Crippen LogP contribution in [-0.2, 0) is 28.0 Å². The molecular formula is C18H27N3O4S. The monoisotopic (exact) mass is 381 g/mol. The van der Waals surface area contributed by atoms with Crippen molar-refractivity contribution in [2.24, 2.45) is 0 Å². The molecule has 0 aliphatic carbocycles. The fourth-order valence-electron chi connectivity index (χ4n) is 3.38. The first-order valence-corrected chi connectivity index (χ1v) is 10.5. The minimum atomic E-state index is -3.49. The highest BCUT2D eigenvalue weighted by molar-refractivity contribution is 7.86. The first-order valence-electron chi connectivity index (χ1n) is 9.08. The van der Waals surface area contributed by atoms with E-state index in [1.54, 1.807) is 0 Å². The van der Waals surface area contributed by atoms with E-state index in [1.165, 1.54) is 22.7 Å². The van der Waals surface area contributed by atoms with Crippen LogP contribution in [-0.4, -0.2) is 68.2 Å². The number of likely N-dealkylation sites (tertiary alicyclic amines) is 1. The molecule has 0 N–H and O–H groups in total. The van der Waals surface area contributed by atoms with Crippen molar-refractivity contribution in [3.63, 3.8) is 0 Å². The molecule has 0 spiro atoms. The fourth-order valence-corrected chi connectivity index (χ4v) is 4.45. The van der Waals surface area contributed by atoms with Crippen molar-refractivity contribution in [3.05, 3.63) is 29.3 Å². The normalized spacial score (nSPS) is 18.5. The van der Waals surface area contributed by atoms with E-state index in [4.69, 9.17) is 4.74 Å². The second-order valence-corrected chi connectivity index (χ2v) is 9.14. The summed E-state index contributed by atoms with van der Waals surface area (Å²) in [7, 11) is -0.429. The fraction of sp³-hybridized carbons (Fsp3) is 0.611. The molecule has 0 saturated carbocycles. The Hall–Kier alpha value is -1.64. The molecule has 0 unspecified atom stereocenters. The third-order valence-corrected chi connectivity index (χ3v) is 6.83. The zero-order valence-corrected chi connectivity index (χ0v) is 16.3. The summed E-state index contributed by atoms with van der Waals surface area (Å²) in [6, 6.07) is 5.82. The molecule has 8 heteroatoms. The Balaban J connectivity index is 1.70. The van der Waals surface area contributed by atoms with Gasteiger partial charge in [-0.15, -0.1) is 0 Å². The predicted octanol–water partition coefficient (Wildman–Crippen LogP) is 1.24. The first kappa shape index (κ1) is 19.1. The summed E-state index contributed by atoms with van der Waals surface area (Å²) < 4.78 is 33.2. The molecule has 1 amide bonds. The number of carbonyl (C=O) groups is 1. The van der Waals surface area contributed by atoms with Crippen LogP contribution in [0.4, 0.5) is 0 Å². The summed E-state index contributed by atoms with van der Waals surface area (Å²) in [6.45, 7) is 2.66. The molecule has 3 rings (SSSR count). The van der Waals surface area contributed by atoms with E-state index in [2.05, 4.69) is 0 Å². The van der Waals surface area contributed by atoms with Crippen LogP contribution in [0.3, 0.4) is 0 Å². The number of rotatable bonds is 5. The molecule has 0 bridgehead atoms. The largest absolute Gasteiger partial charge is 0.492 e. The van der Waals surface area contributed by atoms with Crippen molar-refractivity contribution in [1.82, 2.24) is 13.5 Å². The highest BCUT2D eigenvalue weighted by atomic mass is 32.2. The zero-order chi connectivity index (χ0) is 18.7. The minimum absolute atomic E-state index is 0.200. The van der Waals surface area contributed by atoms with Gasteiger partial charge in [-0.05, 0) is 30.9 Å². The maximum Gasteiger partial charge on any atom is 0.281 e. The molecule has 0 radical (unpaired) electrons. The SMILES string of the molecule is CN(C)S(=O)(=O)N1CCOc2ccc(CCC(=O)N3CCCC3)cc2C1. The second kappa shape index (κ2) is 7.94. The molecule has 0 atom stereocenters. The van der Waals surface area contributed by atoms with Gasteiger partial charge < -0.3 is 9.64 Å². The molecular weight excluding hydrogens is 354 g/mol. The number of aryl methyl sites for hydroxylation is 1. The summed E-state index contributed by atoms with van der Waals surface area (Å²) >= 11 is 0. The number of fused-ring (bicyclic) bond motifs is 1. The highest BCUT2D eigenvalue weighted by Gasteiger charge is 2.28. The summed E-state index contributed by atoms with van der Waals surface area (Å²) in [5.74, 6) is 0.918. The summed E-state index contributed by atoms with van der Waals surface area (Å²) in [4.78, 5) is 14.2. The van der Waals surface area contributed by atoms with Gasteiger partial charge in [-0.25, -0.2) is 0 Å². The predicted molar refractivity (Wildman–Crippen MR) is 99.1 cm³/mol. The van der Waals surface area contributed by atoms with Gasteiger partial charge in [0.05, 0.1) is 0 Å². The molecule has 0 aromatic heterocycles. The number of amides is 1. The van der Waals surface area contributed by atoms with Crippen LogP contribution in [0.5, 0.6) is 5.75 Å². The van der Waals surface area contributed by atoms with E-state index < -0.39 is 10.2 Å². The lowest BCUT2D eigenvalue weighted by Gasteiger charge is -2.23. The number of benzene rings is 1. The molecule has 1 aromatic carbocycles. The Morgan fingerprint density at radius 3 is 2.62 bits per heavy atom. The Labute approximate surface area is 155 Å². The van der Waals surface area contributed by atoms with Crippen LogP contribution in [0.1, 0.15) is 30.4 Å². The lowest BCUT2D eigenvalue weighted by molar-refractivity contribution is -0.130. The molecule has 2 heterocycles. The van der Waals surface area contributed by atoms with Crippen LogP contribution in [0.25, 0.3) is 0 Å². The molecule has 26 heavy (non-hydrogen) atoms. The Bertz CT molecular complexity index is 758. The van der Waals surface area contributed by atoms with E-state index in [1.807, 2.05) is 23.1 Å². The third kappa shape index (κ3) is 4.19. The van der Waals surface area contributed by atoms with E-state index in [9.17, 15) is 13.2 Å².